The number of hydrogen-bond donors (Lipinski definition) is 2. The van der Waals surface area contributed by atoms with E-state index in [1.165, 1.54) is 4.90 Å². The Morgan fingerprint density at radius 2 is 1.74 bits per heavy atom. The fraction of sp³-hybridized carbons (Fsp3) is 0.483. The quantitative estimate of drug-likeness (QED) is 0.405. The summed E-state index contributed by atoms with van der Waals surface area (Å²) in [6.45, 7) is 3.83. The molecule has 1 saturated heterocycles. The maximum atomic E-state index is 13.2. The number of piperidine rings is 1. The van der Waals surface area contributed by atoms with E-state index in [-0.39, 0.29) is 36.3 Å². The third-order valence-electron chi connectivity index (χ3n) is 7.77. The average Bonchev–Trinajstić information content (AvgIpc) is 3.53. The van der Waals surface area contributed by atoms with Gasteiger partial charge in [0.1, 0.15) is 6.04 Å². The zero-order valence-electron chi connectivity index (χ0n) is 22.6. The van der Waals surface area contributed by atoms with Crippen LogP contribution < -0.4 is 11.1 Å². The van der Waals surface area contributed by atoms with Gasteiger partial charge in [-0.1, -0.05) is 49.2 Å². The fourth-order valence-corrected chi connectivity index (χ4v) is 5.62. The molecule has 1 spiro atoms. The largest absolute Gasteiger partial charge is 0.374 e. The number of nitrogens with two attached hydrogens (primary N) is 1. The number of carbonyl (C=O) groups excluding carboxylic acids is 3. The van der Waals surface area contributed by atoms with E-state index in [4.69, 9.17) is 10.5 Å². The van der Waals surface area contributed by atoms with Crippen molar-refractivity contribution in [3.63, 3.8) is 0 Å². The second-order valence-corrected chi connectivity index (χ2v) is 11.5. The molecule has 3 heterocycles. The van der Waals surface area contributed by atoms with Gasteiger partial charge in [-0.25, -0.2) is 0 Å². The molecule has 1 aromatic carbocycles. The zero-order valence-corrected chi connectivity index (χ0v) is 22.6. The zero-order chi connectivity index (χ0) is 27.6. The van der Waals surface area contributed by atoms with Crippen LogP contribution in [-0.4, -0.2) is 49.4 Å². The maximum Gasteiger partial charge on any atom is 0.240 e. The molecule has 3 amide bonds. The van der Waals surface area contributed by atoms with Crippen molar-refractivity contribution in [1.29, 1.82) is 0 Å². The number of amides is 3. The van der Waals surface area contributed by atoms with Crippen molar-refractivity contribution in [2.45, 2.75) is 77.1 Å². The molecule has 39 heavy (non-hydrogen) atoms. The molecular weight excluding hydrogens is 496 g/mol. The number of likely N-dealkylation sites (tertiary alicyclic amines) is 1. The minimum Gasteiger partial charge on any atom is -0.374 e. The van der Waals surface area contributed by atoms with E-state index in [1.807, 2.05) is 42.5 Å². The SMILES string of the molecule is CC(C)(N)C(=O)N[C@H](COCc1ccccc1)c1nnc2cccc(CN3C(=O)CC4(CCCC4)CC3=O)n12. The lowest BCUT2D eigenvalue weighted by atomic mass is 9.76. The van der Waals surface area contributed by atoms with Gasteiger partial charge in [0.15, 0.2) is 11.5 Å². The Balaban J connectivity index is 1.42. The number of benzene rings is 1. The van der Waals surface area contributed by atoms with E-state index in [1.54, 1.807) is 24.3 Å². The van der Waals surface area contributed by atoms with Gasteiger partial charge in [0.25, 0.3) is 0 Å². The van der Waals surface area contributed by atoms with Gasteiger partial charge < -0.3 is 15.8 Å². The van der Waals surface area contributed by atoms with Crippen LogP contribution >= 0.6 is 0 Å². The minimum atomic E-state index is -1.12. The highest BCUT2D eigenvalue weighted by Gasteiger charge is 2.45. The van der Waals surface area contributed by atoms with E-state index in [9.17, 15) is 14.4 Å². The molecule has 0 radical (unpaired) electrons. The molecule has 0 unspecified atom stereocenters. The van der Waals surface area contributed by atoms with Crippen LogP contribution in [0.2, 0.25) is 0 Å². The Bertz CT molecular complexity index is 1340. The summed E-state index contributed by atoms with van der Waals surface area (Å²) in [4.78, 5) is 40.6. The van der Waals surface area contributed by atoms with Crippen LogP contribution in [0, 0.1) is 5.41 Å². The first-order valence-electron chi connectivity index (χ1n) is 13.5. The highest BCUT2D eigenvalue weighted by atomic mass is 16.5. The molecule has 1 atom stereocenters. The minimum absolute atomic E-state index is 0.101. The van der Waals surface area contributed by atoms with Crippen LogP contribution in [0.3, 0.4) is 0 Å². The third kappa shape index (κ3) is 5.86. The molecule has 2 aromatic heterocycles. The summed E-state index contributed by atoms with van der Waals surface area (Å²) in [6.07, 6.45) is 4.82. The molecule has 2 aliphatic rings. The van der Waals surface area contributed by atoms with Gasteiger partial charge in [-0.05, 0) is 49.8 Å². The van der Waals surface area contributed by atoms with Gasteiger partial charge in [0, 0.05) is 18.5 Å². The first kappa shape index (κ1) is 27.0. The van der Waals surface area contributed by atoms with Crippen LogP contribution in [0.1, 0.15) is 75.5 Å². The van der Waals surface area contributed by atoms with Crippen LogP contribution in [-0.2, 0) is 32.3 Å². The van der Waals surface area contributed by atoms with Crippen molar-refractivity contribution in [2.75, 3.05) is 6.61 Å². The standard InChI is InChI=1S/C29H36N6O4/c1-28(2,30)27(38)31-22(19-39-18-20-9-4-3-5-10-20)26-33-32-23-12-8-11-21(35(23)26)17-34-24(36)15-29(16-25(34)37)13-6-7-14-29/h3-5,8-12,22H,6-7,13-19,30H2,1-2H3,(H,31,38)/t22-/m1/s1. The van der Waals surface area contributed by atoms with Crippen LogP contribution in [0.25, 0.3) is 5.65 Å². The van der Waals surface area contributed by atoms with Crippen molar-refractivity contribution in [1.82, 2.24) is 24.8 Å². The van der Waals surface area contributed by atoms with Gasteiger partial charge in [-0.3, -0.25) is 23.7 Å². The van der Waals surface area contributed by atoms with E-state index >= 15 is 0 Å². The summed E-state index contributed by atoms with van der Waals surface area (Å²) >= 11 is 0. The smallest absolute Gasteiger partial charge is 0.240 e. The van der Waals surface area contributed by atoms with Crippen molar-refractivity contribution in [3.8, 4) is 0 Å². The summed E-state index contributed by atoms with van der Waals surface area (Å²) in [5.74, 6) is -0.204. The van der Waals surface area contributed by atoms with Crippen molar-refractivity contribution >= 4 is 23.4 Å². The first-order valence-corrected chi connectivity index (χ1v) is 13.5. The molecule has 10 nitrogen and oxygen atoms in total. The Hall–Kier alpha value is -3.63. The van der Waals surface area contributed by atoms with Crippen LogP contribution in [0.4, 0.5) is 0 Å². The lowest BCUT2D eigenvalue weighted by Crippen LogP contribution is -2.51. The number of nitrogens with zero attached hydrogens (tertiary/aromatic N) is 4. The molecule has 3 aromatic rings. The number of rotatable bonds is 9. The highest BCUT2D eigenvalue weighted by Crippen LogP contribution is 2.47. The molecule has 206 valence electrons. The molecule has 1 saturated carbocycles. The number of nitrogens with one attached hydrogen (secondary N) is 1. The Labute approximate surface area is 227 Å². The summed E-state index contributed by atoms with van der Waals surface area (Å²) in [5, 5.41) is 11.7. The number of aromatic nitrogens is 3. The molecule has 1 aliphatic carbocycles. The van der Waals surface area contributed by atoms with Gasteiger partial charge in [0.2, 0.25) is 17.7 Å². The number of imide groups is 1. The van der Waals surface area contributed by atoms with Gasteiger partial charge in [-0.2, -0.15) is 0 Å². The van der Waals surface area contributed by atoms with Gasteiger partial charge in [-0.15, -0.1) is 10.2 Å². The monoisotopic (exact) mass is 532 g/mol. The summed E-state index contributed by atoms with van der Waals surface area (Å²) in [6, 6.07) is 14.5. The van der Waals surface area contributed by atoms with E-state index in [0.29, 0.717) is 36.6 Å². The lowest BCUT2D eigenvalue weighted by Gasteiger charge is -2.37. The molecular formula is C29H36N6O4. The Morgan fingerprint density at radius 1 is 1.05 bits per heavy atom. The number of pyridine rings is 1. The van der Waals surface area contributed by atoms with E-state index in [2.05, 4.69) is 15.5 Å². The topological polar surface area (TPSA) is 132 Å². The van der Waals surface area contributed by atoms with Crippen molar-refractivity contribution in [2.24, 2.45) is 11.1 Å². The molecule has 5 rings (SSSR count). The predicted octanol–water partition coefficient (Wildman–Crippen LogP) is 3.05. The Morgan fingerprint density at radius 3 is 2.41 bits per heavy atom. The lowest BCUT2D eigenvalue weighted by molar-refractivity contribution is -0.154. The maximum absolute atomic E-state index is 13.2. The second-order valence-electron chi connectivity index (χ2n) is 11.5. The molecule has 2 fully saturated rings. The van der Waals surface area contributed by atoms with Gasteiger partial charge >= 0.3 is 0 Å². The highest BCUT2D eigenvalue weighted by molar-refractivity contribution is 5.98. The normalized spacial score (nSPS) is 18.2. The van der Waals surface area contributed by atoms with Crippen LogP contribution in [0.5, 0.6) is 0 Å². The summed E-state index contributed by atoms with van der Waals surface area (Å²) in [7, 11) is 0. The number of ether oxygens (including phenoxy) is 1. The van der Waals surface area contributed by atoms with E-state index < -0.39 is 11.6 Å². The third-order valence-corrected chi connectivity index (χ3v) is 7.77. The molecule has 10 heteroatoms. The van der Waals surface area contributed by atoms with Gasteiger partial charge in [0.05, 0.1) is 25.3 Å². The second kappa shape index (κ2) is 10.9. The summed E-state index contributed by atoms with van der Waals surface area (Å²) < 4.78 is 7.78. The average molecular weight is 533 g/mol. The van der Waals surface area contributed by atoms with Crippen LogP contribution in [0.15, 0.2) is 48.5 Å². The molecule has 0 bridgehead atoms. The molecule has 3 N–H and O–H groups in total. The first-order chi connectivity index (χ1) is 18.7. The number of carbonyl (C=O) groups is 3. The number of hydrogen-bond acceptors (Lipinski definition) is 7. The fourth-order valence-electron chi connectivity index (χ4n) is 5.62. The van der Waals surface area contributed by atoms with Crippen molar-refractivity contribution in [3.05, 3.63) is 65.6 Å². The Kier molecular flexibility index (Phi) is 7.51. The molecule has 1 aliphatic heterocycles. The van der Waals surface area contributed by atoms with E-state index in [0.717, 1.165) is 31.2 Å². The summed E-state index contributed by atoms with van der Waals surface area (Å²) in [5.41, 5.74) is 6.99. The number of fused-ring (bicyclic) bond motifs is 1. The van der Waals surface area contributed by atoms with Crippen molar-refractivity contribution < 1.29 is 19.1 Å². The predicted molar refractivity (Wildman–Crippen MR) is 144 cm³/mol.